The van der Waals surface area contributed by atoms with Crippen LogP contribution in [0.3, 0.4) is 0 Å². The number of Topliss-reactive ketones (excluding diaryl/α,β-unsaturated/α-hetero) is 1. The zero-order valence-electron chi connectivity index (χ0n) is 8.87. The fraction of sp³-hybridized carbons (Fsp3) is 0.182. The Bertz CT molecular complexity index is 539. The van der Waals surface area contributed by atoms with E-state index in [-0.39, 0.29) is 23.4 Å². The highest BCUT2D eigenvalue weighted by atomic mass is 19.1. The van der Waals surface area contributed by atoms with Crippen LogP contribution in [0.1, 0.15) is 27.6 Å². The van der Waals surface area contributed by atoms with E-state index in [1.807, 2.05) is 0 Å². The van der Waals surface area contributed by atoms with Crippen LogP contribution in [0, 0.1) is 5.82 Å². The first-order valence-electron chi connectivity index (χ1n) is 4.91. The number of carbonyl (C=O) groups is 3. The van der Waals surface area contributed by atoms with Gasteiger partial charge < -0.3 is 10.1 Å². The Hall–Kier alpha value is -2.24. The number of anilines is 1. The van der Waals surface area contributed by atoms with Gasteiger partial charge in [-0.05, 0) is 19.1 Å². The van der Waals surface area contributed by atoms with E-state index in [0.717, 1.165) is 6.07 Å². The summed E-state index contributed by atoms with van der Waals surface area (Å²) in [7, 11) is 0. The molecule has 1 aromatic rings. The van der Waals surface area contributed by atoms with Crippen molar-refractivity contribution < 1.29 is 23.5 Å². The molecule has 0 aliphatic carbocycles. The lowest BCUT2D eigenvalue weighted by atomic mass is 10.1. The first-order valence-corrected chi connectivity index (χ1v) is 4.91. The molecule has 17 heavy (non-hydrogen) atoms. The second kappa shape index (κ2) is 3.97. The Balaban J connectivity index is 2.49. The molecule has 5 nitrogen and oxygen atoms in total. The van der Waals surface area contributed by atoms with Crippen LogP contribution >= 0.6 is 0 Å². The summed E-state index contributed by atoms with van der Waals surface area (Å²) in [6.07, 6.45) is 0. The molecule has 1 aromatic carbocycles. The molecule has 1 aliphatic heterocycles. The van der Waals surface area contributed by atoms with Gasteiger partial charge in [-0.3, -0.25) is 9.59 Å². The number of carbonyl (C=O) groups excluding carboxylic acids is 3. The molecule has 0 bridgehead atoms. The predicted molar refractivity (Wildman–Crippen MR) is 55.3 cm³/mol. The van der Waals surface area contributed by atoms with Crippen LogP contribution in [0.25, 0.3) is 0 Å². The molecular weight excluding hydrogens is 229 g/mol. The first-order chi connectivity index (χ1) is 8.06. The van der Waals surface area contributed by atoms with Crippen molar-refractivity contribution in [2.75, 3.05) is 11.9 Å². The molecule has 88 valence electrons. The number of hydrogen-bond acceptors (Lipinski definition) is 4. The Kier molecular flexibility index (Phi) is 2.63. The van der Waals surface area contributed by atoms with E-state index in [1.54, 1.807) is 6.92 Å². The number of esters is 1. The third-order valence-electron chi connectivity index (χ3n) is 2.33. The van der Waals surface area contributed by atoms with Crippen LogP contribution in [0.2, 0.25) is 0 Å². The SMILES string of the molecule is CCOC(=O)c1ccc2c(c1F)NC(=O)C2=O. The lowest BCUT2D eigenvalue weighted by Crippen LogP contribution is -2.12. The van der Waals surface area contributed by atoms with Crippen molar-refractivity contribution in [3.05, 3.63) is 29.1 Å². The highest BCUT2D eigenvalue weighted by Crippen LogP contribution is 2.28. The molecule has 0 aromatic heterocycles. The largest absolute Gasteiger partial charge is 0.462 e. The Morgan fingerprint density at radius 3 is 2.76 bits per heavy atom. The van der Waals surface area contributed by atoms with Gasteiger partial charge in [0.25, 0.3) is 11.7 Å². The molecule has 1 heterocycles. The van der Waals surface area contributed by atoms with Crippen LogP contribution in [-0.2, 0) is 9.53 Å². The summed E-state index contributed by atoms with van der Waals surface area (Å²) in [6.45, 7) is 1.70. The van der Waals surface area contributed by atoms with E-state index in [4.69, 9.17) is 0 Å². The smallest absolute Gasteiger partial charge is 0.341 e. The molecule has 0 unspecified atom stereocenters. The monoisotopic (exact) mass is 237 g/mol. The number of ether oxygens (including phenoxy) is 1. The molecule has 1 aliphatic rings. The minimum atomic E-state index is -0.944. The first kappa shape index (κ1) is 11.3. The fourth-order valence-electron chi connectivity index (χ4n) is 1.55. The van der Waals surface area contributed by atoms with Gasteiger partial charge in [-0.2, -0.15) is 0 Å². The molecule has 0 atom stereocenters. The molecule has 0 saturated carbocycles. The van der Waals surface area contributed by atoms with Gasteiger partial charge in [0, 0.05) is 0 Å². The van der Waals surface area contributed by atoms with Crippen molar-refractivity contribution in [2.45, 2.75) is 6.92 Å². The van der Waals surface area contributed by atoms with E-state index >= 15 is 0 Å². The number of ketones is 1. The maximum Gasteiger partial charge on any atom is 0.341 e. The van der Waals surface area contributed by atoms with Crippen LogP contribution in [0.15, 0.2) is 12.1 Å². The van der Waals surface area contributed by atoms with Gasteiger partial charge in [0.15, 0.2) is 5.82 Å². The van der Waals surface area contributed by atoms with Gasteiger partial charge in [-0.1, -0.05) is 0 Å². The van der Waals surface area contributed by atoms with Crippen LogP contribution in [0.4, 0.5) is 10.1 Å². The molecule has 0 saturated heterocycles. The Morgan fingerprint density at radius 1 is 1.41 bits per heavy atom. The number of amides is 1. The summed E-state index contributed by atoms with van der Waals surface area (Å²) in [4.78, 5) is 33.7. The van der Waals surface area contributed by atoms with Crippen LogP contribution in [-0.4, -0.2) is 24.3 Å². The van der Waals surface area contributed by atoms with E-state index in [1.165, 1.54) is 6.07 Å². The average Bonchev–Trinajstić information content (AvgIpc) is 2.58. The summed E-state index contributed by atoms with van der Waals surface area (Å²) >= 11 is 0. The van der Waals surface area contributed by atoms with E-state index in [0.29, 0.717) is 0 Å². The minimum Gasteiger partial charge on any atom is -0.462 e. The van der Waals surface area contributed by atoms with Crippen molar-refractivity contribution in [3.8, 4) is 0 Å². The number of rotatable bonds is 2. The zero-order valence-corrected chi connectivity index (χ0v) is 8.87. The summed E-state index contributed by atoms with van der Waals surface area (Å²) < 4.78 is 18.5. The van der Waals surface area contributed by atoms with Gasteiger partial charge in [0.2, 0.25) is 0 Å². The van der Waals surface area contributed by atoms with Crippen molar-refractivity contribution in [3.63, 3.8) is 0 Å². The minimum absolute atomic E-state index is 0.0689. The average molecular weight is 237 g/mol. The zero-order chi connectivity index (χ0) is 12.6. The van der Waals surface area contributed by atoms with Crippen LogP contribution < -0.4 is 5.32 Å². The summed E-state index contributed by atoms with van der Waals surface area (Å²) in [5.41, 5.74) is -0.633. The predicted octanol–water partition coefficient (Wildman–Crippen LogP) is 1.14. The standard InChI is InChI=1S/C11H8FNO4/c1-2-17-11(16)5-3-4-6-8(7(5)12)13-10(15)9(6)14/h3-4H,2H2,1H3,(H,13,14,15). The highest BCUT2D eigenvalue weighted by Gasteiger charge is 2.32. The lowest BCUT2D eigenvalue weighted by molar-refractivity contribution is -0.112. The van der Waals surface area contributed by atoms with Gasteiger partial charge in [-0.25, -0.2) is 9.18 Å². The van der Waals surface area contributed by atoms with Crippen molar-refractivity contribution >= 4 is 23.3 Å². The molecule has 0 radical (unpaired) electrons. The number of halogens is 1. The van der Waals surface area contributed by atoms with Crippen molar-refractivity contribution in [1.82, 2.24) is 0 Å². The van der Waals surface area contributed by atoms with E-state index in [2.05, 4.69) is 10.1 Å². The number of hydrogen-bond donors (Lipinski definition) is 1. The molecule has 0 spiro atoms. The highest BCUT2D eigenvalue weighted by molar-refractivity contribution is 6.51. The third kappa shape index (κ3) is 1.67. The molecule has 2 rings (SSSR count). The molecule has 6 heteroatoms. The molecular formula is C11H8FNO4. The number of fused-ring (bicyclic) bond motifs is 1. The Morgan fingerprint density at radius 2 is 2.12 bits per heavy atom. The van der Waals surface area contributed by atoms with Crippen molar-refractivity contribution in [1.29, 1.82) is 0 Å². The second-order valence-corrected chi connectivity index (χ2v) is 3.35. The Labute approximate surface area is 95.6 Å². The van der Waals surface area contributed by atoms with Crippen LogP contribution in [0.5, 0.6) is 0 Å². The third-order valence-corrected chi connectivity index (χ3v) is 2.33. The molecule has 1 N–H and O–H groups in total. The van der Waals surface area contributed by atoms with E-state index < -0.39 is 23.5 Å². The summed E-state index contributed by atoms with van der Waals surface area (Å²) in [5, 5.41) is 2.08. The quantitative estimate of drug-likeness (QED) is 0.618. The van der Waals surface area contributed by atoms with Gasteiger partial charge in [0.1, 0.15) is 0 Å². The molecule has 1 amide bonds. The molecule has 0 fully saturated rings. The van der Waals surface area contributed by atoms with Gasteiger partial charge in [0.05, 0.1) is 23.4 Å². The summed E-state index contributed by atoms with van der Waals surface area (Å²) in [6, 6.07) is 2.36. The lowest BCUT2D eigenvalue weighted by Gasteiger charge is -2.05. The summed E-state index contributed by atoms with van der Waals surface area (Å²) in [5.74, 6) is -3.49. The van der Waals surface area contributed by atoms with E-state index in [9.17, 15) is 18.8 Å². The topological polar surface area (TPSA) is 72.5 Å². The fourth-order valence-corrected chi connectivity index (χ4v) is 1.55. The number of benzene rings is 1. The normalized spacial score (nSPS) is 13.3. The van der Waals surface area contributed by atoms with Crippen molar-refractivity contribution in [2.24, 2.45) is 0 Å². The van der Waals surface area contributed by atoms with Gasteiger partial charge in [-0.15, -0.1) is 0 Å². The second-order valence-electron chi connectivity index (χ2n) is 3.35. The maximum atomic E-state index is 13.8. The van der Waals surface area contributed by atoms with Gasteiger partial charge >= 0.3 is 5.97 Å². The maximum absolute atomic E-state index is 13.8. The number of nitrogens with one attached hydrogen (secondary N) is 1.